The molecule has 3 aliphatic rings. The fourth-order valence-corrected chi connectivity index (χ4v) is 5.61. The molecule has 2 saturated heterocycles. The molecule has 5 heteroatoms. The minimum Gasteiger partial charge on any atom is -0.504 e. The van der Waals surface area contributed by atoms with Gasteiger partial charge in [0, 0.05) is 36.4 Å². The lowest BCUT2D eigenvalue weighted by molar-refractivity contribution is -0.140. The lowest BCUT2D eigenvalue weighted by Gasteiger charge is -2.56. The molecule has 1 aromatic rings. The van der Waals surface area contributed by atoms with E-state index in [0.717, 1.165) is 36.9 Å². The molecule has 0 aromatic heterocycles. The summed E-state index contributed by atoms with van der Waals surface area (Å²) in [5, 5.41) is 11.1. The molecular formula is C20H27NO4. The minimum atomic E-state index is -0.473. The Morgan fingerprint density at radius 1 is 1.40 bits per heavy atom. The third kappa shape index (κ3) is 2.05. The number of ketones is 1. The number of fused-ring (bicyclic) bond motifs is 1. The van der Waals surface area contributed by atoms with Gasteiger partial charge in [0.05, 0.1) is 12.7 Å². The molecule has 1 spiro atoms. The van der Waals surface area contributed by atoms with Gasteiger partial charge >= 0.3 is 0 Å². The molecule has 1 N–H and O–H groups in total. The van der Waals surface area contributed by atoms with Crippen LogP contribution >= 0.6 is 0 Å². The maximum Gasteiger partial charge on any atom is 0.161 e. The Morgan fingerprint density at radius 2 is 2.20 bits per heavy atom. The first-order valence-corrected chi connectivity index (χ1v) is 9.28. The third-order valence-corrected chi connectivity index (χ3v) is 6.93. The van der Waals surface area contributed by atoms with Crippen LogP contribution < -0.4 is 4.74 Å². The van der Waals surface area contributed by atoms with E-state index in [1.807, 2.05) is 12.1 Å². The SMILES string of the molecule is CCc1ccc(OC)c(O)c1C12CCN3COC1(CCC(=O)C2)C3C. The first-order valence-electron chi connectivity index (χ1n) is 9.28. The van der Waals surface area contributed by atoms with Gasteiger partial charge in [-0.3, -0.25) is 9.69 Å². The van der Waals surface area contributed by atoms with Crippen LogP contribution in [-0.4, -0.2) is 47.8 Å². The summed E-state index contributed by atoms with van der Waals surface area (Å²) >= 11 is 0. The van der Waals surface area contributed by atoms with Gasteiger partial charge in [0.1, 0.15) is 12.5 Å². The van der Waals surface area contributed by atoms with E-state index in [2.05, 4.69) is 18.7 Å². The van der Waals surface area contributed by atoms with Gasteiger partial charge in [0.25, 0.3) is 0 Å². The molecular weight excluding hydrogens is 318 g/mol. The summed E-state index contributed by atoms with van der Waals surface area (Å²) in [6.07, 6.45) is 3.36. The number of hydrogen-bond acceptors (Lipinski definition) is 5. The van der Waals surface area contributed by atoms with Gasteiger partial charge < -0.3 is 14.6 Å². The van der Waals surface area contributed by atoms with E-state index in [-0.39, 0.29) is 17.6 Å². The zero-order valence-electron chi connectivity index (χ0n) is 15.3. The molecule has 1 aliphatic carbocycles. The highest BCUT2D eigenvalue weighted by Crippen LogP contribution is 2.60. The summed E-state index contributed by atoms with van der Waals surface area (Å²) in [6, 6.07) is 4.09. The number of aryl methyl sites for hydroxylation is 1. The van der Waals surface area contributed by atoms with Crippen LogP contribution in [0.1, 0.15) is 50.7 Å². The monoisotopic (exact) mass is 345 g/mol. The average molecular weight is 345 g/mol. The van der Waals surface area contributed by atoms with E-state index in [1.54, 1.807) is 7.11 Å². The number of hydrogen-bond donors (Lipinski definition) is 1. The van der Waals surface area contributed by atoms with Gasteiger partial charge in [-0.25, -0.2) is 0 Å². The number of phenols is 1. The zero-order valence-corrected chi connectivity index (χ0v) is 15.3. The molecule has 3 fully saturated rings. The van der Waals surface area contributed by atoms with Gasteiger partial charge in [0.15, 0.2) is 11.5 Å². The second kappa shape index (κ2) is 5.71. The van der Waals surface area contributed by atoms with Crippen molar-refractivity contribution in [3.8, 4) is 11.5 Å². The first kappa shape index (κ1) is 16.9. The smallest absolute Gasteiger partial charge is 0.161 e. The molecule has 2 heterocycles. The number of piperidine rings is 1. The van der Waals surface area contributed by atoms with Gasteiger partial charge in [-0.1, -0.05) is 13.0 Å². The Bertz CT molecular complexity index is 718. The van der Waals surface area contributed by atoms with Crippen LogP contribution in [0.5, 0.6) is 11.5 Å². The van der Waals surface area contributed by atoms with Crippen molar-refractivity contribution in [2.75, 3.05) is 20.4 Å². The number of carbonyl (C=O) groups is 1. The fraction of sp³-hybridized carbons (Fsp3) is 0.650. The van der Waals surface area contributed by atoms with Crippen molar-refractivity contribution in [1.29, 1.82) is 0 Å². The van der Waals surface area contributed by atoms with E-state index < -0.39 is 11.0 Å². The maximum absolute atomic E-state index is 12.6. The number of benzene rings is 1. The molecule has 25 heavy (non-hydrogen) atoms. The second-order valence-corrected chi connectivity index (χ2v) is 7.70. The maximum atomic E-state index is 12.6. The molecule has 0 amide bonds. The molecule has 4 atom stereocenters. The minimum absolute atomic E-state index is 0.187. The Hall–Kier alpha value is -1.59. The average Bonchev–Trinajstić information content (AvgIpc) is 2.82. The number of methoxy groups -OCH3 is 1. The quantitative estimate of drug-likeness (QED) is 0.913. The third-order valence-electron chi connectivity index (χ3n) is 6.93. The highest BCUT2D eigenvalue weighted by atomic mass is 16.5. The van der Waals surface area contributed by atoms with Crippen molar-refractivity contribution in [3.05, 3.63) is 23.3 Å². The van der Waals surface area contributed by atoms with Crippen molar-refractivity contribution in [2.24, 2.45) is 0 Å². The predicted molar refractivity (Wildman–Crippen MR) is 94.0 cm³/mol. The van der Waals surface area contributed by atoms with Gasteiger partial charge in [-0.2, -0.15) is 0 Å². The number of aromatic hydroxyl groups is 1. The first-order chi connectivity index (χ1) is 12.0. The summed E-state index contributed by atoms with van der Waals surface area (Å²) in [4.78, 5) is 14.9. The Morgan fingerprint density at radius 3 is 2.92 bits per heavy atom. The molecule has 4 unspecified atom stereocenters. The lowest BCUT2D eigenvalue weighted by atomic mass is 9.53. The zero-order chi connectivity index (χ0) is 17.8. The van der Waals surface area contributed by atoms with Gasteiger partial charge in [0.2, 0.25) is 0 Å². The highest BCUT2D eigenvalue weighted by Gasteiger charge is 2.66. The van der Waals surface area contributed by atoms with E-state index in [4.69, 9.17) is 9.47 Å². The van der Waals surface area contributed by atoms with Crippen molar-refractivity contribution < 1.29 is 19.4 Å². The number of ether oxygens (including phenoxy) is 2. The van der Waals surface area contributed by atoms with Crippen LogP contribution in [0.4, 0.5) is 0 Å². The Kier molecular flexibility index (Phi) is 3.85. The largest absolute Gasteiger partial charge is 0.504 e. The van der Waals surface area contributed by atoms with Crippen molar-refractivity contribution in [1.82, 2.24) is 4.90 Å². The van der Waals surface area contributed by atoms with Crippen molar-refractivity contribution in [2.45, 2.75) is 63.0 Å². The van der Waals surface area contributed by atoms with Gasteiger partial charge in [-0.05, 0) is 37.8 Å². The van der Waals surface area contributed by atoms with E-state index in [9.17, 15) is 9.90 Å². The number of carbonyl (C=O) groups excluding carboxylic acids is 1. The molecule has 5 nitrogen and oxygen atoms in total. The standard InChI is InChI=1S/C20H27NO4/c1-4-14-5-6-16(24-3)18(23)17(14)19-9-10-21-12-25-20(19,13(21)2)8-7-15(22)11-19/h5-6,13,23H,4,7-12H2,1-3H3. The predicted octanol–water partition coefficient (Wildman–Crippen LogP) is 2.77. The van der Waals surface area contributed by atoms with Crippen LogP contribution in [0.2, 0.25) is 0 Å². The summed E-state index contributed by atoms with van der Waals surface area (Å²) in [7, 11) is 1.57. The van der Waals surface area contributed by atoms with E-state index in [1.165, 1.54) is 0 Å². The highest BCUT2D eigenvalue weighted by molar-refractivity contribution is 5.82. The molecule has 1 aromatic carbocycles. The molecule has 1 saturated carbocycles. The normalized spacial score (nSPS) is 37.0. The molecule has 0 radical (unpaired) electrons. The second-order valence-electron chi connectivity index (χ2n) is 7.70. The van der Waals surface area contributed by atoms with Crippen LogP contribution in [0.25, 0.3) is 0 Å². The summed E-state index contributed by atoms with van der Waals surface area (Å²) in [5.74, 6) is 0.931. The fourth-order valence-electron chi connectivity index (χ4n) is 5.61. The van der Waals surface area contributed by atoms with Crippen LogP contribution in [0.3, 0.4) is 0 Å². The number of phenolic OH excluding ortho intramolecular Hbond substituents is 1. The van der Waals surface area contributed by atoms with Crippen LogP contribution in [0.15, 0.2) is 12.1 Å². The van der Waals surface area contributed by atoms with E-state index in [0.29, 0.717) is 25.3 Å². The van der Waals surface area contributed by atoms with Gasteiger partial charge in [-0.15, -0.1) is 0 Å². The van der Waals surface area contributed by atoms with Crippen LogP contribution in [-0.2, 0) is 21.4 Å². The molecule has 2 aliphatic heterocycles. The Labute approximate surface area is 148 Å². The summed E-state index contributed by atoms with van der Waals surface area (Å²) in [6.45, 7) is 5.80. The molecule has 4 rings (SSSR count). The lowest BCUT2D eigenvalue weighted by Crippen LogP contribution is -2.65. The van der Waals surface area contributed by atoms with Crippen molar-refractivity contribution in [3.63, 3.8) is 0 Å². The topological polar surface area (TPSA) is 59.0 Å². The number of Topliss-reactive ketones (excluding diaryl/α,β-unsaturated/α-hetero) is 1. The van der Waals surface area contributed by atoms with E-state index >= 15 is 0 Å². The number of rotatable bonds is 3. The van der Waals surface area contributed by atoms with Crippen LogP contribution in [0, 0.1) is 0 Å². The molecule has 136 valence electrons. The summed E-state index contributed by atoms with van der Waals surface area (Å²) < 4.78 is 11.8. The molecule has 2 bridgehead atoms. The summed E-state index contributed by atoms with van der Waals surface area (Å²) in [5.41, 5.74) is 1.09. The number of nitrogens with zero attached hydrogens (tertiary/aromatic N) is 1. The Balaban J connectivity index is 1.99. The van der Waals surface area contributed by atoms with Crippen molar-refractivity contribution >= 4 is 5.78 Å².